The van der Waals surface area contributed by atoms with Crippen LogP contribution in [0.5, 0.6) is 0 Å². The van der Waals surface area contributed by atoms with Crippen LogP contribution in [0.2, 0.25) is 0 Å². The van der Waals surface area contributed by atoms with Gasteiger partial charge in [0.15, 0.2) is 0 Å². The van der Waals surface area contributed by atoms with Crippen LogP contribution in [0, 0.1) is 5.41 Å². The van der Waals surface area contributed by atoms with E-state index < -0.39 is 11.4 Å². The normalized spacial score (nSPS) is 17.0. The van der Waals surface area contributed by atoms with Gasteiger partial charge in [0, 0.05) is 19.3 Å². The summed E-state index contributed by atoms with van der Waals surface area (Å²) in [5.41, 5.74) is 1.59. The van der Waals surface area contributed by atoms with Crippen LogP contribution in [-0.4, -0.2) is 37.9 Å². The van der Waals surface area contributed by atoms with Crippen molar-refractivity contribution < 1.29 is 14.6 Å². The van der Waals surface area contributed by atoms with Gasteiger partial charge in [-0.2, -0.15) is 0 Å². The molecule has 1 saturated heterocycles. The van der Waals surface area contributed by atoms with Gasteiger partial charge < -0.3 is 14.7 Å². The first-order valence-corrected chi connectivity index (χ1v) is 6.18. The highest BCUT2D eigenvalue weighted by Crippen LogP contribution is 2.30. The highest BCUT2D eigenvalue weighted by atomic mass is 16.5. The first kappa shape index (κ1) is 12.9. The van der Waals surface area contributed by atoms with Gasteiger partial charge in [0.05, 0.1) is 13.2 Å². The van der Waals surface area contributed by atoms with Crippen molar-refractivity contribution in [1.29, 1.82) is 0 Å². The zero-order chi connectivity index (χ0) is 13.2. The van der Waals surface area contributed by atoms with Crippen LogP contribution < -0.4 is 4.90 Å². The number of hydrogen-bond acceptors (Lipinski definition) is 3. The summed E-state index contributed by atoms with van der Waals surface area (Å²) < 4.78 is 5.07. The Morgan fingerprint density at radius 1 is 1.39 bits per heavy atom. The van der Waals surface area contributed by atoms with Crippen LogP contribution in [0.3, 0.4) is 0 Å². The first-order chi connectivity index (χ1) is 8.57. The van der Waals surface area contributed by atoms with Gasteiger partial charge in [-0.05, 0) is 24.1 Å². The van der Waals surface area contributed by atoms with Gasteiger partial charge in [-0.15, -0.1) is 0 Å². The van der Waals surface area contributed by atoms with E-state index in [-0.39, 0.29) is 0 Å². The van der Waals surface area contributed by atoms with Crippen LogP contribution in [0.15, 0.2) is 24.3 Å². The van der Waals surface area contributed by atoms with Crippen LogP contribution in [0.25, 0.3) is 0 Å². The number of rotatable bonds is 5. The zero-order valence-corrected chi connectivity index (χ0v) is 10.8. The number of carboxylic acids is 1. The molecule has 2 rings (SSSR count). The van der Waals surface area contributed by atoms with Crippen molar-refractivity contribution in [3.8, 4) is 0 Å². The number of benzene rings is 1. The maximum atomic E-state index is 11.3. The maximum Gasteiger partial charge on any atom is 0.316 e. The molecule has 1 fully saturated rings. The lowest BCUT2D eigenvalue weighted by atomic mass is 9.85. The fraction of sp³-hybridized carbons (Fsp3) is 0.500. The Labute approximate surface area is 107 Å². The predicted octanol–water partition coefficient (Wildman–Crippen LogP) is 1.79. The van der Waals surface area contributed by atoms with E-state index in [4.69, 9.17) is 4.74 Å². The van der Waals surface area contributed by atoms with E-state index in [0.717, 1.165) is 12.1 Å². The Morgan fingerprint density at radius 2 is 2.00 bits per heavy atom. The Balaban J connectivity index is 2.06. The second-order valence-corrected chi connectivity index (χ2v) is 4.95. The largest absolute Gasteiger partial charge is 0.481 e. The van der Waals surface area contributed by atoms with E-state index in [1.807, 2.05) is 24.1 Å². The number of aryl methyl sites for hydroxylation is 1. The summed E-state index contributed by atoms with van der Waals surface area (Å²) in [6.07, 6.45) is 1.01. The molecule has 0 bridgehead atoms. The molecule has 4 heteroatoms. The monoisotopic (exact) mass is 249 g/mol. The molecule has 0 unspecified atom stereocenters. The number of ether oxygens (including phenoxy) is 1. The summed E-state index contributed by atoms with van der Waals surface area (Å²) >= 11 is 0. The van der Waals surface area contributed by atoms with E-state index in [9.17, 15) is 9.90 Å². The van der Waals surface area contributed by atoms with Crippen molar-refractivity contribution in [2.75, 3.05) is 31.7 Å². The van der Waals surface area contributed by atoms with Crippen molar-refractivity contribution in [3.05, 3.63) is 29.8 Å². The molecule has 1 N–H and O–H groups in total. The zero-order valence-electron chi connectivity index (χ0n) is 10.8. The molecule has 1 aromatic rings. The third-order valence-electron chi connectivity index (χ3n) is 3.54. The molecule has 0 radical (unpaired) electrons. The van der Waals surface area contributed by atoms with Gasteiger partial charge in [-0.3, -0.25) is 4.79 Å². The molecule has 0 spiro atoms. The smallest absolute Gasteiger partial charge is 0.316 e. The molecule has 98 valence electrons. The van der Waals surface area contributed by atoms with Crippen LogP contribution in [0.4, 0.5) is 5.69 Å². The first-order valence-electron chi connectivity index (χ1n) is 6.18. The fourth-order valence-corrected chi connectivity index (χ4v) is 2.16. The Hall–Kier alpha value is -1.55. The summed E-state index contributed by atoms with van der Waals surface area (Å²) in [5, 5.41) is 9.26. The van der Waals surface area contributed by atoms with Crippen molar-refractivity contribution in [2.24, 2.45) is 5.41 Å². The van der Waals surface area contributed by atoms with Crippen LogP contribution in [-0.2, 0) is 16.0 Å². The molecule has 1 aliphatic rings. The number of anilines is 1. The molecule has 18 heavy (non-hydrogen) atoms. The van der Waals surface area contributed by atoms with Crippen molar-refractivity contribution in [1.82, 2.24) is 0 Å². The molecular formula is C14H19NO3. The van der Waals surface area contributed by atoms with E-state index >= 15 is 0 Å². The van der Waals surface area contributed by atoms with Gasteiger partial charge in [-0.25, -0.2) is 0 Å². The van der Waals surface area contributed by atoms with E-state index in [1.54, 1.807) is 0 Å². The van der Waals surface area contributed by atoms with Crippen LogP contribution in [0.1, 0.15) is 12.5 Å². The number of nitrogens with zero attached hydrogens (tertiary/aromatic N) is 1. The Bertz CT molecular complexity index is 423. The second-order valence-electron chi connectivity index (χ2n) is 4.95. The summed E-state index contributed by atoms with van der Waals surface area (Å²) in [6, 6.07) is 8.23. The third kappa shape index (κ3) is 2.34. The van der Waals surface area contributed by atoms with Crippen LogP contribution >= 0.6 is 0 Å². The molecule has 1 heterocycles. The van der Waals surface area contributed by atoms with Crippen molar-refractivity contribution >= 4 is 11.7 Å². The summed E-state index contributed by atoms with van der Waals surface area (Å²) in [4.78, 5) is 13.2. The van der Waals surface area contributed by atoms with Gasteiger partial charge in [-0.1, -0.05) is 19.1 Å². The Kier molecular flexibility index (Phi) is 3.57. The molecule has 0 aliphatic carbocycles. The van der Waals surface area contributed by atoms with Gasteiger partial charge in [0.25, 0.3) is 0 Å². The minimum Gasteiger partial charge on any atom is -0.481 e. The lowest BCUT2D eigenvalue weighted by molar-refractivity contribution is -0.177. The second kappa shape index (κ2) is 4.98. The SMILES string of the molecule is CCc1ccc(N(C)CC2(C(=O)O)COC2)cc1. The van der Waals surface area contributed by atoms with Crippen molar-refractivity contribution in [2.45, 2.75) is 13.3 Å². The topological polar surface area (TPSA) is 49.8 Å². The van der Waals surface area contributed by atoms with E-state index in [2.05, 4.69) is 19.1 Å². The molecule has 0 amide bonds. The fourth-order valence-electron chi connectivity index (χ4n) is 2.16. The lowest BCUT2D eigenvalue weighted by Gasteiger charge is -2.40. The maximum absolute atomic E-state index is 11.3. The quantitative estimate of drug-likeness (QED) is 0.864. The summed E-state index contributed by atoms with van der Waals surface area (Å²) in [5.74, 6) is -0.772. The number of aliphatic carboxylic acids is 1. The summed E-state index contributed by atoms with van der Waals surface area (Å²) in [6.45, 7) is 3.21. The van der Waals surface area contributed by atoms with E-state index in [1.165, 1.54) is 5.56 Å². The lowest BCUT2D eigenvalue weighted by Crippen LogP contribution is -2.55. The average Bonchev–Trinajstić information content (AvgIpc) is 2.33. The number of hydrogen-bond donors (Lipinski definition) is 1. The molecule has 1 aromatic carbocycles. The molecular weight excluding hydrogens is 230 g/mol. The minimum atomic E-state index is -0.772. The summed E-state index contributed by atoms with van der Waals surface area (Å²) in [7, 11) is 1.92. The van der Waals surface area contributed by atoms with Gasteiger partial charge in [0.2, 0.25) is 0 Å². The molecule has 4 nitrogen and oxygen atoms in total. The average molecular weight is 249 g/mol. The molecule has 0 saturated carbocycles. The highest BCUT2D eigenvalue weighted by Gasteiger charge is 2.47. The van der Waals surface area contributed by atoms with Gasteiger partial charge >= 0.3 is 5.97 Å². The highest BCUT2D eigenvalue weighted by molar-refractivity contribution is 5.77. The molecule has 0 atom stereocenters. The third-order valence-corrected chi connectivity index (χ3v) is 3.54. The minimum absolute atomic E-state index is 0.305. The Morgan fingerprint density at radius 3 is 2.39 bits per heavy atom. The molecule has 0 aromatic heterocycles. The number of carbonyl (C=O) groups is 1. The molecule has 1 aliphatic heterocycles. The standard InChI is InChI=1S/C14H19NO3/c1-3-11-4-6-12(7-5-11)15(2)8-14(13(16)17)9-18-10-14/h4-7H,3,8-10H2,1-2H3,(H,16,17). The number of carboxylic acid groups (broad SMARTS) is 1. The van der Waals surface area contributed by atoms with Gasteiger partial charge in [0.1, 0.15) is 5.41 Å². The van der Waals surface area contributed by atoms with E-state index in [0.29, 0.717) is 19.8 Å². The van der Waals surface area contributed by atoms with Crippen molar-refractivity contribution in [3.63, 3.8) is 0 Å². The predicted molar refractivity (Wildman–Crippen MR) is 70.0 cm³/mol.